The number of hydrogen-bond acceptors (Lipinski definition) is 3. The number of carbonyl (C=O) groups excluding carboxylic acids is 1. The maximum atomic E-state index is 12.2. The second-order valence-electron chi connectivity index (χ2n) is 7.40. The van der Waals surface area contributed by atoms with Gasteiger partial charge in [-0.1, -0.05) is 0 Å². The Morgan fingerprint density at radius 1 is 1.29 bits per heavy atom. The first-order chi connectivity index (χ1) is 10.2. The first-order valence-corrected chi connectivity index (χ1v) is 8.06. The minimum absolute atomic E-state index is 0.0553. The minimum Gasteiger partial charge on any atom is -0.463 e. The molecule has 1 N–H and O–H groups in total. The molecule has 4 aliphatic rings. The molecule has 112 valence electrons. The van der Waals surface area contributed by atoms with Gasteiger partial charge in [0.25, 0.3) is 0 Å². The Labute approximate surface area is 125 Å². The van der Waals surface area contributed by atoms with Gasteiger partial charge in [-0.05, 0) is 73.8 Å². The summed E-state index contributed by atoms with van der Waals surface area (Å²) in [5.41, 5.74) is 2.94. The number of hydrazone groups is 1. The van der Waals surface area contributed by atoms with Crippen LogP contribution in [0.4, 0.5) is 0 Å². The highest BCUT2D eigenvalue weighted by Crippen LogP contribution is 2.61. The van der Waals surface area contributed by atoms with Gasteiger partial charge >= 0.3 is 0 Å². The largest absolute Gasteiger partial charge is 0.463 e. The third-order valence-electron chi connectivity index (χ3n) is 5.62. The van der Waals surface area contributed by atoms with E-state index in [1.165, 1.54) is 38.5 Å². The molecule has 1 heterocycles. The lowest BCUT2D eigenvalue weighted by molar-refractivity contribution is -0.129. The predicted octanol–water partition coefficient (Wildman–Crippen LogP) is 3.34. The van der Waals surface area contributed by atoms with Crippen LogP contribution in [0.15, 0.2) is 27.9 Å². The van der Waals surface area contributed by atoms with Crippen LogP contribution < -0.4 is 5.43 Å². The summed E-state index contributed by atoms with van der Waals surface area (Å²) in [5, 5.41) is 3.99. The van der Waals surface area contributed by atoms with Crippen molar-refractivity contribution in [3.8, 4) is 0 Å². The summed E-state index contributed by atoms with van der Waals surface area (Å²) in [4.78, 5) is 12.2. The van der Waals surface area contributed by atoms with Crippen molar-refractivity contribution in [1.82, 2.24) is 5.43 Å². The van der Waals surface area contributed by atoms with Crippen molar-refractivity contribution in [2.75, 3.05) is 0 Å². The van der Waals surface area contributed by atoms with E-state index >= 15 is 0 Å². The summed E-state index contributed by atoms with van der Waals surface area (Å²) >= 11 is 0. The van der Waals surface area contributed by atoms with Crippen molar-refractivity contribution in [1.29, 1.82) is 0 Å². The molecule has 4 nitrogen and oxygen atoms in total. The Kier molecular flexibility index (Phi) is 3.12. The van der Waals surface area contributed by atoms with Crippen molar-refractivity contribution < 1.29 is 9.21 Å². The fourth-order valence-corrected chi connectivity index (χ4v) is 5.42. The SMILES string of the molecule is O=C(CC12CC3CC(CC(C3)C1)C2)N/N=C\c1ccco1. The van der Waals surface area contributed by atoms with Gasteiger partial charge in [-0.15, -0.1) is 0 Å². The first kappa shape index (κ1) is 13.1. The van der Waals surface area contributed by atoms with Crippen LogP contribution >= 0.6 is 0 Å². The summed E-state index contributed by atoms with van der Waals surface area (Å²) in [6.07, 6.45) is 11.8. The first-order valence-electron chi connectivity index (χ1n) is 8.06. The minimum atomic E-state index is 0.0553. The lowest BCUT2D eigenvalue weighted by Gasteiger charge is -2.56. The smallest absolute Gasteiger partial charge is 0.240 e. The molecule has 0 spiro atoms. The summed E-state index contributed by atoms with van der Waals surface area (Å²) in [5.74, 6) is 3.37. The number of rotatable bonds is 4. The van der Waals surface area contributed by atoms with Gasteiger partial charge in [0.05, 0.1) is 12.5 Å². The number of amides is 1. The van der Waals surface area contributed by atoms with Crippen LogP contribution in [0.3, 0.4) is 0 Å². The number of carbonyl (C=O) groups is 1. The fraction of sp³-hybridized carbons (Fsp3) is 0.647. The van der Waals surface area contributed by atoms with E-state index in [4.69, 9.17) is 4.42 Å². The molecule has 1 amide bonds. The highest BCUT2D eigenvalue weighted by atomic mass is 16.3. The van der Waals surface area contributed by atoms with Crippen molar-refractivity contribution in [2.45, 2.75) is 44.9 Å². The van der Waals surface area contributed by atoms with E-state index in [0.717, 1.165) is 17.8 Å². The molecule has 21 heavy (non-hydrogen) atoms. The van der Waals surface area contributed by atoms with Gasteiger partial charge in [-0.25, -0.2) is 5.43 Å². The molecule has 0 aromatic carbocycles. The van der Waals surface area contributed by atoms with E-state index in [2.05, 4.69) is 10.5 Å². The highest BCUT2D eigenvalue weighted by molar-refractivity contribution is 5.80. The predicted molar refractivity (Wildman–Crippen MR) is 79.7 cm³/mol. The van der Waals surface area contributed by atoms with Gasteiger partial charge in [-0.2, -0.15) is 5.10 Å². The molecule has 0 aliphatic heterocycles. The fourth-order valence-electron chi connectivity index (χ4n) is 5.42. The molecule has 1 aromatic heterocycles. The standard InChI is InChI=1S/C17H22N2O2/c20-16(19-18-11-15-2-1-3-21-15)10-17-7-12-4-13(8-17)6-14(5-12)9-17/h1-3,11-14H,4-10H2,(H,19,20)/b18-11-. The third kappa shape index (κ3) is 2.63. The van der Waals surface area contributed by atoms with Gasteiger partial charge in [-0.3, -0.25) is 4.79 Å². The van der Waals surface area contributed by atoms with Crippen LogP contribution in [0, 0.1) is 23.2 Å². The molecular weight excluding hydrogens is 264 g/mol. The van der Waals surface area contributed by atoms with E-state index in [9.17, 15) is 4.79 Å². The van der Waals surface area contributed by atoms with Crippen LogP contribution in [0.1, 0.15) is 50.7 Å². The van der Waals surface area contributed by atoms with Crippen molar-refractivity contribution in [3.63, 3.8) is 0 Å². The zero-order valence-corrected chi connectivity index (χ0v) is 12.3. The Morgan fingerprint density at radius 2 is 1.95 bits per heavy atom. The van der Waals surface area contributed by atoms with Crippen LogP contribution in [-0.2, 0) is 4.79 Å². The second kappa shape index (κ2) is 5.00. The summed E-state index contributed by atoms with van der Waals surface area (Å²) < 4.78 is 5.15. The zero-order chi connectivity index (χ0) is 14.3. The van der Waals surface area contributed by atoms with Gasteiger partial charge in [0, 0.05) is 6.42 Å². The van der Waals surface area contributed by atoms with Crippen molar-refractivity contribution >= 4 is 12.1 Å². The topological polar surface area (TPSA) is 54.6 Å². The summed E-state index contributed by atoms with van der Waals surface area (Å²) in [6, 6.07) is 3.62. The molecule has 5 rings (SSSR count). The second-order valence-corrected chi connectivity index (χ2v) is 7.40. The number of furan rings is 1. The van der Waals surface area contributed by atoms with Gasteiger partial charge in [0.1, 0.15) is 5.76 Å². The third-order valence-corrected chi connectivity index (χ3v) is 5.62. The maximum absolute atomic E-state index is 12.2. The van der Waals surface area contributed by atoms with Crippen LogP contribution in [0.25, 0.3) is 0 Å². The van der Waals surface area contributed by atoms with Crippen LogP contribution in [-0.4, -0.2) is 12.1 Å². The van der Waals surface area contributed by atoms with E-state index in [1.807, 2.05) is 6.07 Å². The molecule has 0 radical (unpaired) electrons. The zero-order valence-electron chi connectivity index (χ0n) is 12.3. The monoisotopic (exact) mass is 286 g/mol. The van der Waals surface area contributed by atoms with E-state index < -0.39 is 0 Å². The van der Waals surface area contributed by atoms with Gasteiger partial charge in [0.15, 0.2) is 0 Å². The molecular formula is C17H22N2O2. The molecule has 1 aromatic rings. The highest BCUT2D eigenvalue weighted by Gasteiger charge is 2.51. The number of hydrogen-bond donors (Lipinski definition) is 1. The Hall–Kier alpha value is -1.58. The maximum Gasteiger partial charge on any atom is 0.240 e. The Morgan fingerprint density at radius 3 is 2.52 bits per heavy atom. The molecule has 4 saturated carbocycles. The average molecular weight is 286 g/mol. The normalized spacial score (nSPS) is 37.2. The molecule has 0 unspecified atom stereocenters. The van der Waals surface area contributed by atoms with Crippen molar-refractivity contribution in [2.24, 2.45) is 28.3 Å². The quantitative estimate of drug-likeness (QED) is 0.681. The van der Waals surface area contributed by atoms with E-state index in [0.29, 0.717) is 12.2 Å². The summed E-state index contributed by atoms with van der Waals surface area (Å²) in [7, 11) is 0. The lowest BCUT2D eigenvalue weighted by atomic mass is 9.49. The number of nitrogens with zero attached hydrogens (tertiary/aromatic N) is 1. The molecule has 0 saturated heterocycles. The number of nitrogens with one attached hydrogen (secondary N) is 1. The Bertz CT molecular complexity index is 512. The van der Waals surface area contributed by atoms with Gasteiger partial charge < -0.3 is 4.42 Å². The van der Waals surface area contributed by atoms with Crippen LogP contribution in [0.2, 0.25) is 0 Å². The molecule has 0 atom stereocenters. The van der Waals surface area contributed by atoms with E-state index in [1.54, 1.807) is 18.5 Å². The average Bonchev–Trinajstić information content (AvgIpc) is 2.89. The Balaban J connectivity index is 1.36. The molecule has 4 aliphatic carbocycles. The van der Waals surface area contributed by atoms with Crippen LogP contribution in [0.5, 0.6) is 0 Å². The van der Waals surface area contributed by atoms with E-state index in [-0.39, 0.29) is 11.3 Å². The lowest BCUT2D eigenvalue weighted by Crippen LogP contribution is -2.47. The molecule has 4 bridgehead atoms. The molecule has 4 heteroatoms. The summed E-state index contributed by atoms with van der Waals surface area (Å²) in [6.45, 7) is 0. The molecule has 4 fully saturated rings. The van der Waals surface area contributed by atoms with Crippen molar-refractivity contribution in [3.05, 3.63) is 24.2 Å². The van der Waals surface area contributed by atoms with Gasteiger partial charge in [0.2, 0.25) is 5.91 Å².